The van der Waals surface area contributed by atoms with Crippen molar-refractivity contribution < 1.29 is 23.4 Å². The average Bonchev–Trinajstić information content (AvgIpc) is 2.81. The zero-order valence-electron chi connectivity index (χ0n) is 10.7. The standard InChI is InChI=1S/C13H16F2N2O3/c14-9-1-2-12(10(15)3-9)20-7-13(19)17-5-8-4-16-6-11(8)18/h1-3,8,11,16,18H,4-7H2,(H,17,19). The molecule has 2 rings (SSSR count). The fourth-order valence-corrected chi connectivity index (χ4v) is 1.96. The van der Waals surface area contributed by atoms with Gasteiger partial charge in [0, 0.05) is 31.6 Å². The molecule has 20 heavy (non-hydrogen) atoms. The number of carbonyl (C=O) groups is 1. The van der Waals surface area contributed by atoms with Gasteiger partial charge in [-0.15, -0.1) is 0 Å². The van der Waals surface area contributed by atoms with E-state index in [9.17, 15) is 18.7 Å². The van der Waals surface area contributed by atoms with Gasteiger partial charge in [-0.25, -0.2) is 8.78 Å². The number of nitrogens with one attached hydrogen (secondary N) is 2. The van der Waals surface area contributed by atoms with Crippen LogP contribution in [0.3, 0.4) is 0 Å². The first-order chi connectivity index (χ1) is 9.56. The molecule has 0 spiro atoms. The predicted octanol–water partition coefficient (Wildman–Crippen LogP) is 0.0401. The number of aliphatic hydroxyl groups excluding tert-OH is 1. The van der Waals surface area contributed by atoms with E-state index in [1.165, 1.54) is 0 Å². The van der Waals surface area contributed by atoms with Gasteiger partial charge in [0.15, 0.2) is 18.2 Å². The van der Waals surface area contributed by atoms with Crippen LogP contribution in [0, 0.1) is 17.6 Å². The van der Waals surface area contributed by atoms with Crippen LogP contribution in [-0.4, -0.2) is 43.4 Å². The maximum absolute atomic E-state index is 13.2. The summed E-state index contributed by atoms with van der Waals surface area (Å²) in [5, 5.41) is 15.1. The topological polar surface area (TPSA) is 70.6 Å². The summed E-state index contributed by atoms with van der Waals surface area (Å²) in [5.74, 6) is -2.20. The number of hydrogen-bond acceptors (Lipinski definition) is 4. The summed E-state index contributed by atoms with van der Waals surface area (Å²) in [6.45, 7) is 1.10. The van der Waals surface area contributed by atoms with E-state index < -0.39 is 23.6 Å². The molecule has 110 valence electrons. The maximum Gasteiger partial charge on any atom is 0.257 e. The maximum atomic E-state index is 13.2. The molecule has 1 aromatic rings. The van der Waals surface area contributed by atoms with Crippen LogP contribution in [0.15, 0.2) is 18.2 Å². The van der Waals surface area contributed by atoms with Crippen molar-refractivity contribution in [2.24, 2.45) is 5.92 Å². The van der Waals surface area contributed by atoms with Crippen molar-refractivity contribution in [3.05, 3.63) is 29.8 Å². The van der Waals surface area contributed by atoms with Crippen molar-refractivity contribution in [3.8, 4) is 5.75 Å². The Hall–Kier alpha value is -1.73. The molecule has 1 aromatic carbocycles. The van der Waals surface area contributed by atoms with E-state index in [0.717, 1.165) is 12.1 Å². The van der Waals surface area contributed by atoms with Gasteiger partial charge in [0.05, 0.1) is 6.10 Å². The third kappa shape index (κ3) is 3.88. The van der Waals surface area contributed by atoms with Crippen LogP contribution >= 0.6 is 0 Å². The number of aliphatic hydroxyl groups is 1. The number of halogens is 2. The lowest BCUT2D eigenvalue weighted by atomic mass is 10.1. The number of hydrogen-bond donors (Lipinski definition) is 3. The molecular formula is C13H16F2N2O3. The van der Waals surface area contributed by atoms with Crippen LogP contribution in [-0.2, 0) is 4.79 Å². The molecule has 0 aromatic heterocycles. The van der Waals surface area contributed by atoms with Crippen molar-refractivity contribution in [1.29, 1.82) is 0 Å². The van der Waals surface area contributed by atoms with Gasteiger partial charge in [0.1, 0.15) is 5.82 Å². The van der Waals surface area contributed by atoms with Crippen LogP contribution in [0.5, 0.6) is 5.75 Å². The number of benzene rings is 1. The molecule has 1 heterocycles. The van der Waals surface area contributed by atoms with Gasteiger partial charge >= 0.3 is 0 Å². The van der Waals surface area contributed by atoms with Crippen LogP contribution < -0.4 is 15.4 Å². The summed E-state index contributed by atoms with van der Waals surface area (Å²) in [6, 6.07) is 2.87. The van der Waals surface area contributed by atoms with E-state index in [0.29, 0.717) is 25.7 Å². The first kappa shape index (κ1) is 14.7. The Labute approximate surface area is 114 Å². The average molecular weight is 286 g/mol. The molecule has 1 aliphatic rings. The van der Waals surface area contributed by atoms with E-state index in [4.69, 9.17) is 4.74 Å². The molecular weight excluding hydrogens is 270 g/mol. The van der Waals surface area contributed by atoms with Gasteiger partial charge in [-0.3, -0.25) is 4.79 Å². The fourth-order valence-electron chi connectivity index (χ4n) is 1.96. The monoisotopic (exact) mass is 286 g/mol. The van der Waals surface area contributed by atoms with Gasteiger partial charge in [-0.05, 0) is 12.1 Å². The van der Waals surface area contributed by atoms with Gasteiger partial charge in [-0.1, -0.05) is 0 Å². The van der Waals surface area contributed by atoms with Crippen LogP contribution in [0.1, 0.15) is 0 Å². The molecule has 1 saturated heterocycles. The van der Waals surface area contributed by atoms with Crippen molar-refractivity contribution in [2.45, 2.75) is 6.10 Å². The third-order valence-electron chi connectivity index (χ3n) is 3.12. The lowest BCUT2D eigenvalue weighted by molar-refractivity contribution is -0.123. The molecule has 7 heteroatoms. The molecule has 0 bridgehead atoms. The second-order valence-electron chi connectivity index (χ2n) is 4.65. The van der Waals surface area contributed by atoms with Gasteiger partial charge in [-0.2, -0.15) is 0 Å². The molecule has 1 aliphatic heterocycles. The summed E-state index contributed by atoms with van der Waals surface area (Å²) in [6.07, 6.45) is -0.481. The van der Waals surface area contributed by atoms with E-state index >= 15 is 0 Å². The largest absolute Gasteiger partial charge is 0.481 e. The van der Waals surface area contributed by atoms with E-state index in [2.05, 4.69) is 10.6 Å². The lowest BCUT2D eigenvalue weighted by Gasteiger charge is -2.14. The van der Waals surface area contributed by atoms with Crippen molar-refractivity contribution in [1.82, 2.24) is 10.6 Å². The number of β-amino-alcohol motifs (C(OH)–C–C–N with tert-alkyl or cyclic N) is 1. The van der Waals surface area contributed by atoms with Crippen molar-refractivity contribution in [2.75, 3.05) is 26.2 Å². The number of amides is 1. The van der Waals surface area contributed by atoms with Gasteiger partial charge < -0.3 is 20.5 Å². The minimum Gasteiger partial charge on any atom is -0.481 e. The number of ether oxygens (including phenoxy) is 1. The highest BCUT2D eigenvalue weighted by atomic mass is 19.1. The minimum absolute atomic E-state index is 0.0403. The minimum atomic E-state index is -0.854. The summed E-state index contributed by atoms with van der Waals surface area (Å²) < 4.78 is 30.9. The summed E-state index contributed by atoms with van der Waals surface area (Å²) in [7, 11) is 0. The van der Waals surface area contributed by atoms with Crippen molar-refractivity contribution in [3.63, 3.8) is 0 Å². The number of carbonyl (C=O) groups excluding carboxylic acids is 1. The molecule has 2 unspecified atom stereocenters. The van der Waals surface area contributed by atoms with E-state index in [1.807, 2.05) is 0 Å². The molecule has 3 N–H and O–H groups in total. The Bertz CT molecular complexity index is 485. The Morgan fingerprint density at radius 2 is 2.25 bits per heavy atom. The second kappa shape index (κ2) is 6.62. The molecule has 5 nitrogen and oxygen atoms in total. The van der Waals surface area contributed by atoms with E-state index in [1.54, 1.807) is 0 Å². The molecule has 2 atom stereocenters. The first-order valence-corrected chi connectivity index (χ1v) is 6.29. The quantitative estimate of drug-likeness (QED) is 0.715. The van der Waals surface area contributed by atoms with Crippen LogP contribution in [0.2, 0.25) is 0 Å². The van der Waals surface area contributed by atoms with Crippen LogP contribution in [0.25, 0.3) is 0 Å². The fraction of sp³-hybridized carbons (Fsp3) is 0.462. The van der Waals surface area contributed by atoms with E-state index in [-0.39, 0.29) is 18.3 Å². The third-order valence-corrected chi connectivity index (χ3v) is 3.12. The Kier molecular flexibility index (Phi) is 4.86. The normalized spacial score (nSPS) is 21.8. The SMILES string of the molecule is O=C(COc1ccc(F)cc1F)NCC1CNCC1O. The molecule has 1 amide bonds. The van der Waals surface area contributed by atoms with Gasteiger partial charge in [0.2, 0.25) is 0 Å². The van der Waals surface area contributed by atoms with Crippen molar-refractivity contribution >= 4 is 5.91 Å². The second-order valence-corrected chi connectivity index (χ2v) is 4.65. The summed E-state index contributed by atoms with van der Waals surface area (Å²) in [5.41, 5.74) is 0. The zero-order chi connectivity index (χ0) is 14.5. The Morgan fingerprint density at radius 1 is 1.45 bits per heavy atom. The lowest BCUT2D eigenvalue weighted by Crippen LogP contribution is -2.36. The first-order valence-electron chi connectivity index (χ1n) is 6.29. The Balaban J connectivity index is 1.74. The zero-order valence-corrected chi connectivity index (χ0v) is 10.7. The summed E-state index contributed by atoms with van der Waals surface area (Å²) >= 11 is 0. The molecule has 0 radical (unpaired) electrons. The van der Waals surface area contributed by atoms with Gasteiger partial charge in [0.25, 0.3) is 5.91 Å². The highest BCUT2D eigenvalue weighted by Crippen LogP contribution is 2.17. The molecule has 0 saturated carbocycles. The molecule has 1 fully saturated rings. The van der Waals surface area contributed by atoms with Crippen LogP contribution in [0.4, 0.5) is 8.78 Å². The highest BCUT2D eigenvalue weighted by molar-refractivity contribution is 5.77. The highest BCUT2D eigenvalue weighted by Gasteiger charge is 2.25. The molecule has 0 aliphatic carbocycles. The smallest absolute Gasteiger partial charge is 0.257 e. The summed E-state index contributed by atoms with van der Waals surface area (Å²) in [4.78, 5) is 11.5. The number of rotatable bonds is 5. The Morgan fingerprint density at radius 3 is 2.90 bits per heavy atom. The predicted molar refractivity (Wildman–Crippen MR) is 67.2 cm³/mol.